The fraction of sp³-hybridized carbons (Fsp3) is 0.263. The topological polar surface area (TPSA) is 80.9 Å². The number of benzene rings is 1. The van der Waals surface area contributed by atoms with Crippen molar-refractivity contribution in [2.45, 2.75) is 31.5 Å². The summed E-state index contributed by atoms with van der Waals surface area (Å²) in [5, 5.41) is 11.4. The molecule has 0 spiro atoms. The highest BCUT2D eigenvalue weighted by molar-refractivity contribution is 7.99. The number of hydrogen-bond acceptors (Lipinski definition) is 6. The molecule has 1 aromatic carbocycles. The molecule has 0 aliphatic rings. The van der Waals surface area contributed by atoms with E-state index in [2.05, 4.69) is 51.7 Å². The van der Waals surface area contributed by atoms with Crippen LogP contribution in [0.3, 0.4) is 0 Å². The Bertz CT molecular complexity index is 849. The zero-order valence-corrected chi connectivity index (χ0v) is 15.5. The summed E-state index contributed by atoms with van der Waals surface area (Å²) < 4.78 is 5.57. The van der Waals surface area contributed by atoms with Gasteiger partial charge >= 0.3 is 0 Å². The molecule has 3 rings (SSSR count). The van der Waals surface area contributed by atoms with E-state index >= 15 is 0 Å². The van der Waals surface area contributed by atoms with Crippen molar-refractivity contribution in [3.63, 3.8) is 0 Å². The highest BCUT2D eigenvalue weighted by Gasteiger charge is 2.15. The Labute approximate surface area is 156 Å². The zero-order chi connectivity index (χ0) is 18.4. The van der Waals surface area contributed by atoms with E-state index in [0.29, 0.717) is 11.1 Å². The fourth-order valence-electron chi connectivity index (χ4n) is 2.46. The molecule has 2 heterocycles. The van der Waals surface area contributed by atoms with Crippen LogP contribution in [-0.4, -0.2) is 26.8 Å². The SMILES string of the molecule is CC[C@@H](NC(=O)CSc1nnc(-c2cccnc2)o1)c1ccc(C)cc1. The van der Waals surface area contributed by atoms with Crippen LogP contribution in [0.15, 0.2) is 58.4 Å². The van der Waals surface area contributed by atoms with Crippen LogP contribution < -0.4 is 5.32 Å². The van der Waals surface area contributed by atoms with Crippen LogP contribution in [0.25, 0.3) is 11.5 Å². The molecule has 6 nitrogen and oxygen atoms in total. The Morgan fingerprint density at radius 1 is 1.23 bits per heavy atom. The van der Waals surface area contributed by atoms with Crippen LogP contribution >= 0.6 is 11.8 Å². The first kappa shape index (κ1) is 18.1. The quantitative estimate of drug-likeness (QED) is 0.639. The third-order valence-corrected chi connectivity index (χ3v) is 4.68. The van der Waals surface area contributed by atoms with Crippen molar-refractivity contribution >= 4 is 17.7 Å². The van der Waals surface area contributed by atoms with E-state index in [0.717, 1.165) is 17.5 Å². The summed E-state index contributed by atoms with van der Waals surface area (Å²) in [5.74, 6) is 0.549. The van der Waals surface area contributed by atoms with Gasteiger partial charge in [-0.15, -0.1) is 10.2 Å². The first-order valence-corrected chi connectivity index (χ1v) is 9.37. The van der Waals surface area contributed by atoms with Gasteiger partial charge in [0.1, 0.15) is 0 Å². The lowest BCUT2D eigenvalue weighted by molar-refractivity contribution is -0.119. The van der Waals surface area contributed by atoms with Crippen molar-refractivity contribution in [3.8, 4) is 11.5 Å². The molecule has 0 aliphatic carbocycles. The summed E-state index contributed by atoms with van der Waals surface area (Å²) in [6, 6.07) is 11.8. The van der Waals surface area contributed by atoms with Crippen molar-refractivity contribution in [1.29, 1.82) is 0 Å². The highest BCUT2D eigenvalue weighted by Crippen LogP contribution is 2.23. The second-order valence-electron chi connectivity index (χ2n) is 5.84. The molecular weight excluding hydrogens is 348 g/mol. The van der Waals surface area contributed by atoms with Gasteiger partial charge < -0.3 is 9.73 Å². The van der Waals surface area contributed by atoms with Gasteiger partial charge in [0.25, 0.3) is 5.22 Å². The smallest absolute Gasteiger partial charge is 0.277 e. The van der Waals surface area contributed by atoms with Crippen molar-refractivity contribution in [2.24, 2.45) is 0 Å². The molecule has 1 amide bonds. The van der Waals surface area contributed by atoms with Gasteiger partial charge in [0, 0.05) is 12.4 Å². The third-order valence-electron chi connectivity index (χ3n) is 3.86. The van der Waals surface area contributed by atoms with Crippen LogP contribution in [0, 0.1) is 6.92 Å². The summed E-state index contributed by atoms with van der Waals surface area (Å²) in [6.45, 7) is 4.10. The number of carbonyl (C=O) groups is 1. The summed E-state index contributed by atoms with van der Waals surface area (Å²) in [7, 11) is 0. The minimum absolute atomic E-state index is 0.00246. The molecule has 0 fully saturated rings. The Morgan fingerprint density at radius 2 is 2.04 bits per heavy atom. The maximum absolute atomic E-state index is 12.3. The number of thioether (sulfide) groups is 1. The van der Waals surface area contributed by atoms with Gasteiger partial charge in [0.2, 0.25) is 11.8 Å². The van der Waals surface area contributed by atoms with Crippen molar-refractivity contribution in [1.82, 2.24) is 20.5 Å². The number of aromatic nitrogens is 3. The number of hydrogen-bond donors (Lipinski definition) is 1. The van der Waals surface area contributed by atoms with E-state index in [4.69, 9.17) is 4.42 Å². The summed E-state index contributed by atoms with van der Waals surface area (Å²) >= 11 is 1.22. The zero-order valence-electron chi connectivity index (χ0n) is 14.7. The van der Waals surface area contributed by atoms with Crippen LogP contribution in [0.1, 0.15) is 30.5 Å². The number of aryl methyl sites for hydroxylation is 1. The van der Waals surface area contributed by atoms with E-state index < -0.39 is 0 Å². The molecule has 0 saturated carbocycles. The predicted molar refractivity (Wildman–Crippen MR) is 101 cm³/mol. The van der Waals surface area contributed by atoms with Crippen LogP contribution in [-0.2, 0) is 4.79 Å². The molecule has 1 N–H and O–H groups in total. The average Bonchev–Trinajstić information content (AvgIpc) is 3.15. The Morgan fingerprint density at radius 3 is 2.73 bits per heavy atom. The van der Waals surface area contributed by atoms with Gasteiger partial charge in [0.15, 0.2) is 0 Å². The lowest BCUT2D eigenvalue weighted by Gasteiger charge is -2.17. The van der Waals surface area contributed by atoms with Gasteiger partial charge in [-0.3, -0.25) is 9.78 Å². The van der Waals surface area contributed by atoms with Gasteiger partial charge in [-0.1, -0.05) is 48.5 Å². The molecule has 0 radical (unpaired) electrons. The molecule has 1 atom stereocenters. The minimum Gasteiger partial charge on any atom is -0.411 e. The normalized spacial score (nSPS) is 11.9. The molecule has 7 heteroatoms. The molecule has 0 unspecified atom stereocenters. The van der Waals surface area contributed by atoms with E-state index in [1.807, 2.05) is 13.0 Å². The van der Waals surface area contributed by atoms with E-state index in [1.54, 1.807) is 18.5 Å². The second-order valence-corrected chi connectivity index (χ2v) is 6.77. The maximum Gasteiger partial charge on any atom is 0.277 e. The first-order chi connectivity index (χ1) is 12.7. The lowest BCUT2D eigenvalue weighted by Crippen LogP contribution is -2.29. The Kier molecular flexibility index (Phi) is 6.01. The molecule has 0 bridgehead atoms. The van der Waals surface area contributed by atoms with Crippen LogP contribution in [0.2, 0.25) is 0 Å². The largest absolute Gasteiger partial charge is 0.411 e. The van der Waals surface area contributed by atoms with E-state index in [-0.39, 0.29) is 17.7 Å². The number of amides is 1. The molecule has 0 saturated heterocycles. The lowest BCUT2D eigenvalue weighted by atomic mass is 10.0. The average molecular weight is 368 g/mol. The van der Waals surface area contributed by atoms with Crippen molar-refractivity contribution in [3.05, 3.63) is 59.9 Å². The van der Waals surface area contributed by atoms with Gasteiger partial charge in [-0.05, 0) is 31.0 Å². The molecule has 26 heavy (non-hydrogen) atoms. The maximum atomic E-state index is 12.3. The van der Waals surface area contributed by atoms with Crippen LogP contribution in [0.4, 0.5) is 0 Å². The van der Waals surface area contributed by atoms with Crippen molar-refractivity contribution < 1.29 is 9.21 Å². The molecular formula is C19H20N4O2S. The standard InChI is InChI=1S/C19H20N4O2S/c1-3-16(14-8-6-13(2)7-9-14)21-17(24)12-26-19-23-22-18(25-19)15-5-4-10-20-11-15/h4-11,16H,3,12H2,1-2H3,(H,21,24)/t16-/m1/s1. The Balaban J connectivity index is 1.55. The van der Waals surface area contributed by atoms with Crippen molar-refractivity contribution in [2.75, 3.05) is 5.75 Å². The molecule has 0 aliphatic heterocycles. The van der Waals surface area contributed by atoms with E-state index in [1.165, 1.54) is 17.3 Å². The number of carbonyl (C=O) groups excluding carboxylic acids is 1. The van der Waals surface area contributed by atoms with Gasteiger partial charge in [-0.25, -0.2) is 0 Å². The third kappa shape index (κ3) is 4.70. The monoisotopic (exact) mass is 368 g/mol. The highest BCUT2D eigenvalue weighted by atomic mass is 32.2. The number of nitrogens with zero attached hydrogens (tertiary/aromatic N) is 3. The molecule has 134 valence electrons. The molecule has 2 aromatic heterocycles. The predicted octanol–water partition coefficient (Wildman–Crippen LogP) is 3.80. The number of pyridine rings is 1. The van der Waals surface area contributed by atoms with E-state index in [9.17, 15) is 4.79 Å². The number of rotatable bonds is 7. The fourth-order valence-corrected chi connectivity index (χ4v) is 3.03. The summed E-state index contributed by atoms with van der Waals surface area (Å²) in [4.78, 5) is 16.3. The van der Waals surface area contributed by atoms with Gasteiger partial charge in [-0.2, -0.15) is 0 Å². The summed E-state index contributed by atoms with van der Waals surface area (Å²) in [5.41, 5.74) is 3.06. The summed E-state index contributed by atoms with van der Waals surface area (Å²) in [6.07, 6.45) is 4.16. The number of nitrogens with one attached hydrogen (secondary N) is 1. The molecule has 3 aromatic rings. The van der Waals surface area contributed by atoms with Crippen LogP contribution in [0.5, 0.6) is 0 Å². The first-order valence-electron chi connectivity index (χ1n) is 8.38. The second kappa shape index (κ2) is 8.62. The van der Waals surface area contributed by atoms with Gasteiger partial charge in [0.05, 0.1) is 17.4 Å². The Hall–Kier alpha value is -2.67. The minimum atomic E-state index is -0.0662.